The normalized spacial score (nSPS) is 16.0. The molecular formula is C36H51FN8O3S. The van der Waals surface area contributed by atoms with E-state index in [-0.39, 0.29) is 24.2 Å². The minimum atomic E-state index is -0.769. The van der Waals surface area contributed by atoms with Gasteiger partial charge in [0.25, 0.3) is 0 Å². The van der Waals surface area contributed by atoms with Gasteiger partial charge in [-0.25, -0.2) is 19.1 Å². The Morgan fingerprint density at radius 1 is 1.02 bits per heavy atom. The predicted molar refractivity (Wildman–Crippen MR) is 192 cm³/mol. The van der Waals surface area contributed by atoms with Gasteiger partial charge in [-0.3, -0.25) is 14.0 Å². The van der Waals surface area contributed by atoms with Crippen LogP contribution in [0.3, 0.4) is 0 Å². The Bertz CT molecular complexity index is 1720. The van der Waals surface area contributed by atoms with Gasteiger partial charge < -0.3 is 14.8 Å². The molecule has 2 aliphatic rings. The van der Waals surface area contributed by atoms with Crippen LogP contribution in [0, 0.1) is 37.4 Å². The maximum absolute atomic E-state index is 15.1. The highest BCUT2D eigenvalue weighted by molar-refractivity contribution is 8.32. The summed E-state index contributed by atoms with van der Waals surface area (Å²) >= 11 is 0. The molecule has 1 N–H and O–H groups in total. The molecule has 11 nitrogen and oxygen atoms in total. The molecule has 2 fully saturated rings. The van der Waals surface area contributed by atoms with E-state index in [0.29, 0.717) is 49.1 Å². The van der Waals surface area contributed by atoms with Crippen molar-refractivity contribution in [3.63, 3.8) is 0 Å². The third-order valence-electron chi connectivity index (χ3n) is 9.61. The lowest BCUT2D eigenvalue weighted by Gasteiger charge is -2.27. The fourth-order valence-corrected chi connectivity index (χ4v) is 7.42. The Morgan fingerprint density at radius 3 is 2.29 bits per heavy atom. The Labute approximate surface area is 290 Å². The van der Waals surface area contributed by atoms with Gasteiger partial charge in [-0.05, 0) is 100 Å². The first-order valence-electron chi connectivity index (χ1n) is 17.3. The molecule has 1 unspecified atom stereocenters. The zero-order valence-corrected chi connectivity index (χ0v) is 30.7. The number of anilines is 1. The Morgan fingerprint density at radius 2 is 1.69 bits per heavy atom. The van der Waals surface area contributed by atoms with Gasteiger partial charge in [0.1, 0.15) is 30.9 Å². The van der Waals surface area contributed by atoms with Gasteiger partial charge in [-0.2, -0.15) is 10.2 Å². The van der Waals surface area contributed by atoms with E-state index in [9.17, 15) is 4.79 Å². The quantitative estimate of drug-likeness (QED) is 0.125. The Hall–Kier alpha value is -3.55. The lowest BCUT2D eigenvalue weighted by Crippen LogP contribution is -2.32. The average molecular weight is 695 g/mol. The molecule has 1 amide bonds. The van der Waals surface area contributed by atoms with Crippen LogP contribution in [0.2, 0.25) is 0 Å². The summed E-state index contributed by atoms with van der Waals surface area (Å²) < 4.78 is 32.2. The zero-order chi connectivity index (χ0) is 34.9. The van der Waals surface area contributed by atoms with E-state index in [2.05, 4.69) is 53.2 Å². The molecule has 0 saturated heterocycles. The molecule has 0 radical (unpaired) electrons. The third-order valence-corrected chi connectivity index (χ3v) is 11.0. The number of halogens is 1. The van der Waals surface area contributed by atoms with Gasteiger partial charge in [-0.1, -0.05) is 19.1 Å². The smallest absolute Gasteiger partial charge is 0.235 e. The number of amides is 1. The minimum absolute atomic E-state index is 0.119. The van der Waals surface area contributed by atoms with E-state index < -0.39 is 21.8 Å². The molecule has 49 heavy (non-hydrogen) atoms. The van der Waals surface area contributed by atoms with Crippen LogP contribution in [0.15, 0.2) is 30.5 Å². The van der Waals surface area contributed by atoms with Crippen molar-refractivity contribution in [2.24, 2.45) is 24.8 Å². The number of benzene rings is 1. The summed E-state index contributed by atoms with van der Waals surface area (Å²) in [6.45, 7) is 7.92. The lowest BCUT2D eigenvalue weighted by atomic mass is 9.82. The van der Waals surface area contributed by atoms with E-state index in [1.54, 1.807) is 11.6 Å². The number of hydrogen-bond donors (Lipinski definition) is 1. The summed E-state index contributed by atoms with van der Waals surface area (Å²) in [4.78, 5) is 14.5. The predicted octanol–water partition coefficient (Wildman–Crippen LogP) is 6.51. The van der Waals surface area contributed by atoms with E-state index in [4.69, 9.17) is 14.6 Å². The monoisotopic (exact) mass is 694 g/mol. The van der Waals surface area contributed by atoms with Crippen molar-refractivity contribution in [3.05, 3.63) is 53.5 Å². The summed E-state index contributed by atoms with van der Waals surface area (Å²) in [7, 11) is 0.911. The number of aromatic nitrogens is 7. The Kier molecular flexibility index (Phi) is 10.6. The van der Waals surface area contributed by atoms with Crippen molar-refractivity contribution in [1.82, 2.24) is 34.3 Å². The van der Waals surface area contributed by atoms with Crippen molar-refractivity contribution in [2.75, 3.05) is 43.1 Å². The summed E-state index contributed by atoms with van der Waals surface area (Å²) in [6, 6.07) is 7.93. The molecule has 2 aliphatic carbocycles. The van der Waals surface area contributed by atoms with Gasteiger partial charge in [0.05, 0.1) is 18.5 Å². The number of nitrogens with zero attached hydrogens (tertiary/aromatic N) is 7. The van der Waals surface area contributed by atoms with Gasteiger partial charge in [0.15, 0.2) is 11.6 Å². The van der Waals surface area contributed by atoms with Gasteiger partial charge in [0.2, 0.25) is 5.91 Å². The molecule has 3 aromatic heterocycles. The van der Waals surface area contributed by atoms with Crippen LogP contribution in [0.4, 0.5) is 10.1 Å². The molecule has 2 saturated carbocycles. The molecular weight excluding hydrogens is 644 g/mol. The molecule has 13 heteroatoms. The second-order valence-electron chi connectivity index (χ2n) is 14.5. The standard InChI is InChI=1S/C36H51FN8O3S/c1-8-17-47-22-45-24(3)30(23(2)42-45)25-13-15-28(16-14-25)39-36(46)32(31(26-9-10-26)27-11-12-27)34-40-41-35(33-29(37)20-38-43(33)4)44(34)21-48-18-19-49(5,6)7/h13-16,20,26-27,31-32H,8-12,17-19,21-22H2,1-7H3,(H,39,46). The maximum atomic E-state index is 15.1. The average Bonchev–Trinajstić information content (AvgIpc) is 3.98. The highest BCUT2D eigenvalue weighted by Crippen LogP contribution is 2.55. The second-order valence-corrected chi connectivity index (χ2v) is 19.1. The molecule has 6 rings (SSSR count). The Balaban J connectivity index is 1.30. The van der Waals surface area contributed by atoms with E-state index in [1.165, 1.54) is 10.9 Å². The molecule has 1 atom stereocenters. The van der Waals surface area contributed by atoms with Crippen molar-refractivity contribution in [1.29, 1.82) is 0 Å². The van der Waals surface area contributed by atoms with Gasteiger partial charge in [-0.15, -0.1) is 10.2 Å². The maximum Gasteiger partial charge on any atom is 0.235 e. The SMILES string of the molecule is CCCOCn1nc(C)c(-c2ccc(NC(=O)C(c3nnc(-c4c(F)cnn4C)n3COCCS(C)(C)C)C(C3CC3)C3CC3)cc2)c1C. The van der Waals surface area contributed by atoms with Crippen LogP contribution < -0.4 is 5.32 Å². The molecule has 4 aromatic rings. The van der Waals surface area contributed by atoms with Crippen LogP contribution in [0.5, 0.6) is 0 Å². The van der Waals surface area contributed by atoms with Crippen LogP contribution in [-0.2, 0) is 34.8 Å². The first-order valence-corrected chi connectivity index (χ1v) is 20.4. The summed E-state index contributed by atoms with van der Waals surface area (Å²) in [5.74, 6) is 1.58. The number of nitrogens with one attached hydrogen (secondary N) is 1. The molecule has 0 bridgehead atoms. The second kappa shape index (κ2) is 14.7. The fraction of sp³-hybridized carbons (Fsp3) is 0.583. The van der Waals surface area contributed by atoms with Gasteiger partial charge >= 0.3 is 0 Å². The number of carbonyl (C=O) groups is 1. The molecule has 0 spiro atoms. The molecule has 3 heterocycles. The van der Waals surface area contributed by atoms with Crippen LogP contribution in [0.1, 0.15) is 62.2 Å². The molecule has 0 aliphatic heterocycles. The van der Waals surface area contributed by atoms with E-state index >= 15 is 4.39 Å². The van der Waals surface area contributed by atoms with Crippen LogP contribution >= 0.6 is 10.0 Å². The molecule has 1 aromatic carbocycles. The highest BCUT2D eigenvalue weighted by Gasteiger charge is 2.50. The van der Waals surface area contributed by atoms with E-state index in [0.717, 1.165) is 60.4 Å². The molecule has 266 valence electrons. The van der Waals surface area contributed by atoms with Crippen molar-refractivity contribution in [2.45, 2.75) is 72.3 Å². The van der Waals surface area contributed by atoms with Crippen molar-refractivity contribution >= 4 is 21.6 Å². The largest absolute Gasteiger partial charge is 0.360 e. The summed E-state index contributed by atoms with van der Waals surface area (Å²) in [5.41, 5.74) is 4.97. The van der Waals surface area contributed by atoms with Crippen LogP contribution in [0.25, 0.3) is 22.6 Å². The fourth-order valence-electron chi connectivity index (χ4n) is 6.81. The van der Waals surface area contributed by atoms with Gasteiger partial charge in [0, 0.05) is 36.4 Å². The first-order chi connectivity index (χ1) is 23.5. The number of carbonyl (C=O) groups excluding carboxylic acids is 1. The summed E-state index contributed by atoms with van der Waals surface area (Å²) in [5, 5.41) is 21.2. The van der Waals surface area contributed by atoms with E-state index in [1.807, 2.05) is 35.9 Å². The first kappa shape index (κ1) is 35.3. The van der Waals surface area contributed by atoms with Crippen molar-refractivity contribution in [3.8, 4) is 22.6 Å². The third kappa shape index (κ3) is 8.10. The zero-order valence-electron chi connectivity index (χ0n) is 29.9. The lowest BCUT2D eigenvalue weighted by molar-refractivity contribution is -0.119. The van der Waals surface area contributed by atoms with Crippen LogP contribution in [-0.4, -0.2) is 78.0 Å². The topological polar surface area (TPSA) is 114 Å². The van der Waals surface area contributed by atoms with Crippen molar-refractivity contribution < 1.29 is 18.7 Å². The summed E-state index contributed by atoms with van der Waals surface area (Å²) in [6.07, 6.45) is 13.3. The number of ether oxygens (including phenoxy) is 2. The highest BCUT2D eigenvalue weighted by atomic mass is 32.3. The number of hydrogen-bond acceptors (Lipinski definition) is 7. The number of aryl methyl sites for hydroxylation is 2. The minimum Gasteiger partial charge on any atom is -0.360 e. The number of rotatable bonds is 17.